The number of benzene rings is 1. The first-order valence-electron chi connectivity index (χ1n) is 8.70. The summed E-state index contributed by atoms with van der Waals surface area (Å²) in [5.41, 5.74) is 4.13. The Hall–Kier alpha value is -2.12. The molecule has 138 valence electrons. The van der Waals surface area contributed by atoms with Crippen molar-refractivity contribution in [2.45, 2.75) is 50.8 Å². The number of fused-ring (bicyclic) bond motifs is 1. The molecule has 26 heavy (non-hydrogen) atoms. The summed E-state index contributed by atoms with van der Waals surface area (Å²) >= 11 is 0. The van der Waals surface area contributed by atoms with Gasteiger partial charge in [0.05, 0.1) is 11.8 Å². The third-order valence-corrected chi connectivity index (χ3v) is 4.75. The molecule has 1 aliphatic carbocycles. The minimum Gasteiger partial charge on any atom is -0.388 e. The van der Waals surface area contributed by atoms with Crippen molar-refractivity contribution in [2.24, 2.45) is 0 Å². The Morgan fingerprint density at radius 3 is 2.46 bits per heavy atom. The number of aromatic nitrogens is 2. The van der Waals surface area contributed by atoms with Gasteiger partial charge in [0, 0.05) is 17.7 Å². The molecule has 5 atom stereocenters. The predicted octanol–water partition coefficient (Wildman–Crippen LogP) is 1.58. The zero-order chi connectivity index (χ0) is 18.7. The van der Waals surface area contributed by atoms with Crippen LogP contribution in [0, 0.1) is 6.92 Å². The van der Waals surface area contributed by atoms with E-state index in [0.717, 1.165) is 17.8 Å². The van der Waals surface area contributed by atoms with Crippen molar-refractivity contribution in [3.8, 4) is 0 Å². The van der Waals surface area contributed by atoms with Gasteiger partial charge in [0.25, 0.3) is 0 Å². The maximum Gasteiger partial charge on any atom is 0.116 e. The van der Waals surface area contributed by atoms with Gasteiger partial charge in [0.15, 0.2) is 0 Å². The molecule has 4 rings (SSSR count). The Morgan fingerprint density at radius 1 is 1.12 bits per heavy atom. The Morgan fingerprint density at radius 2 is 1.85 bits per heavy atom. The van der Waals surface area contributed by atoms with Crippen molar-refractivity contribution in [1.82, 2.24) is 9.97 Å². The smallest absolute Gasteiger partial charge is 0.116 e. The first-order valence-corrected chi connectivity index (χ1v) is 8.70. The molecule has 1 aliphatic heterocycles. The molecule has 1 saturated heterocycles. The molecule has 0 bridgehead atoms. The van der Waals surface area contributed by atoms with E-state index in [4.69, 9.17) is 4.74 Å². The van der Waals surface area contributed by atoms with Gasteiger partial charge in [-0.1, -0.05) is 42.5 Å². The summed E-state index contributed by atoms with van der Waals surface area (Å²) in [6.07, 6.45) is 2.66. The molecular weight excluding hydrogens is 332 g/mol. The lowest BCUT2D eigenvalue weighted by Gasteiger charge is -2.21. The summed E-state index contributed by atoms with van der Waals surface area (Å²) in [6.45, 7) is 3.68. The molecule has 5 unspecified atom stereocenters. The fourth-order valence-corrected chi connectivity index (χ4v) is 3.18. The van der Waals surface area contributed by atoms with Crippen LogP contribution in [0.5, 0.6) is 0 Å². The normalized spacial score (nSPS) is 27.6. The van der Waals surface area contributed by atoms with E-state index < -0.39 is 30.5 Å². The summed E-state index contributed by atoms with van der Waals surface area (Å²) < 4.78 is 5.35. The summed E-state index contributed by atoms with van der Waals surface area (Å²) in [4.78, 5) is 8.23. The van der Waals surface area contributed by atoms with Gasteiger partial charge in [-0.2, -0.15) is 0 Å². The summed E-state index contributed by atoms with van der Waals surface area (Å²) in [5.74, 6) is 0. The molecule has 2 heterocycles. The highest BCUT2D eigenvalue weighted by Gasteiger charge is 2.44. The topological polar surface area (TPSA) is 95.7 Å². The lowest BCUT2D eigenvalue weighted by molar-refractivity contribution is -0.0635. The first kappa shape index (κ1) is 18.7. The van der Waals surface area contributed by atoms with Crippen LogP contribution < -0.4 is 0 Å². The number of hydrogen-bond donors (Lipinski definition) is 3. The Balaban J connectivity index is 0.000000167. The van der Waals surface area contributed by atoms with Crippen molar-refractivity contribution >= 4 is 6.08 Å². The summed E-state index contributed by atoms with van der Waals surface area (Å²) in [6, 6.07) is 8.98. The van der Waals surface area contributed by atoms with Crippen molar-refractivity contribution in [3.05, 3.63) is 65.2 Å². The number of aliphatic hydroxyl groups excluding tert-OH is 3. The molecule has 6 heteroatoms. The van der Waals surface area contributed by atoms with Crippen molar-refractivity contribution in [2.75, 3.05) is 0 Å². The van der Waals surface area contributed by atoms with Crippen molar-refractivity contribution < 1.29 is 20.1 Å². The summed E-state index contributed by atoms with van der Waals surface area (Å²) in [7, 11) is 0. The van der Waals surface area contributed by atoms with E-state index in [2.05, 4.69) is 22.1 Å². The number of aryl methyl sites for hydroxylation is 1. The van der Waals surface area contributed by atoms with Crippen LogP contribution in [-0.2, 0) is 11.2 Å². The van der Waals surface area contributed by atoms with Gasteiger partial charge in [-0.05, 0) is 19.4 Å². The highest BCUT2D eigenvalue weighted by Crippen LogP contribution is 2.30. The lowest BCUT2D eigenvalue weighted by atomic mass is 9.99. The number of rotatable bonds is 2. The van der Waals surface area contributed by atoms with Gasteiger partial charge >= 0.3 is 0 Å². The maximum absolute atomic E-state index is 10.0. The minimum atomic E-state index is -1.05. The number of hydrogen-bond acceptors (Lipinski definition) is 6. The van der Waals surface area contributed by atoms with Gasteiger partial charge in [-0.25, -0.2) is 9.97 Å². The zero-order valence-corrected chi connectivity index (χ0v) is 14.9. The molecule has 0 spiro atoms. The second-order valence-electron chi connectivity index (χ2n) is 6.57. The summed E-state index contributed by atoms with van der Waals surface area (Å²) in [5, 5.41) is 29.3. The molecule has 0 radical (unpaired) electrons. The van der Waals surface area contributed by atoms with E-state index in [1.165, 1.54) is 5.56 Å². The number of allylic oxidation sites excluding steroid dienone is 1. The molecule has 6 nitrogen and oxygen atoms in total. The third-order valence-electron chi connectivity index (χ3n) is 4.75. The maximum atomic E-state index is 10.0. The third kappa shape index (κ3) is 3.83. The fourth-order valence-electron chi connectivity index (χ4n) is 3.18. The predicted molar refractivity (Wildman–Crippen MR) is 97.3 cm³/mol. The Kier molecular flexibility index (Phi) is 5.78. The van der Waals surface area contributed by atoms with Crippen LogP contribution in [0.1, 0.15) is 35.5 Å². The van der Waals surface area contributed by atoms with Crippen LogP contribution in [0.2, 0.25) is 0 Å². The van der Waals surface area contributed by atoms with Crippen molar-refractivity contribution in [3.63, 3.8) is 0 Å². The molecule has 1 aromatic heterocycles. The van der Waals surface area contributed by atoms with Gasteiger partial charge in [-0.3, -0.25) is 0 Å². The van der Waals surface area contributed by atoms with Crippen LogP contribution in [0.25, 0.3) is 6.08 Å². The van der Waals surface area contributed by atoms with Crippen LogP contribution in [0.4, 0.5) is 0 Å². The average molecular weight is 356 g/mol. The van der Waals surface area contributed by atoms with E-state index in [-0.39, 0.29) is 0 Å². The zero-order valence-electron chi connectivity index (χ0n) is 14.9. The molecule has 2 aliphatic rings. The Bertz CT molecular complexity index is 766. The monoisotopic (exact) mass is 356 g/mol. The second-order valence-corrected chi connectivity index (χ2v) is 6.57. The highest BCUT2D eigenvalue weighted by molar-refractivity contribution is 5.59. The first-order chi connectivity index (χ1) is 12.5. The van der Waals surface area contributed by atoms with Gasteiger partial charge in [0.2, 0.25) is 0 Å². The molecular formula is C20H24N2O4. The number of aliphatic hydroxyl groups is 3. The highest BCUT2D eigenvalue weighted by atomic mass is 16.6. The standard InChI is InChI=1S/C12H16O4.C8H8N2/c1-7-9(13)11(15)12(16-7)10(14)8-5-3-2-4-6-8;1-6-7-3-2-4-8(7)10-5-9-6/h2-7,9-15H,1H3;2-3,5H,4H2,1H3. The van der Waals surface area contributed by atoms with Crippen LogP contribution in [0.15, 0.2) is 42.7 Å². The van der Waals surface area contributed by atoms with E-state index in [1.807, 2.05) is 13.0 Å². The van der Waals surface area contributed by atoms with Gasteiger partial charge < -0.3 is 20.1 Å². The van der Waals surface area contributed by atoms with Gasteiger partial charge in [0.1, 0.15) is 30.7 Å². The van der Waals surface area contributed by atoms with Crippen LogP contribution >= 0.6 is 0 Å². The largest absolute Gasteiger partial charge is 0.388 e. The quantitative estimate of drug-likeness (QED) is 0.756. The molecule has 2 aromatic rings. The lowest BCUT2D eigenvalue weighted by Crippen LogP contribution is -2.34. The minimum absolute atomic E-state index is 0.460. The molecule has 3 N–H and O–H groups in total. The SMILES string of the molecule is CC1OC(C(O)c2ccccc2)C(O)C1O.Cc1ncnc2c1C=CC2. The van der Waals surface area contributed by atoms with Crippen molar-refractivity contribution in [1.29, 1.82) is 0 Å². The number of ether oxygens (including phenoxy) is 1. The van der Waals surface area contributed by atoms with Crippen LogP contribution in [-0.4, -0.2) is 49.7 Å². The molecule has 0 saturated carbocycles. The van der Waals surface area contributed by atoms with E-state index in [9.17, 15) is 15.3 Å². The van der Waals surface area contributed by atoms with E-state index >= 15 is 0 Å². The van der Waals surface area contributed by atoms with E-state index in [1.54, 1.807) is 37.5 Å². The molecule has 1 fully saturated rings. The van der Waals surface area contributed by atoms with E-state index in [0.29, 0.717) is 5.56 Å². The molecule has 0 amide bonds. The molecule has 1 aromatic carbocycles. The fraction of sp³-hybridized carbons (Fsp3) is 0.400. The Labute approximate surface area is 152 Å². The van der Waals surface area contributed by atoms with Gasteiger partial charge in [-0.15, -0.1) is 0 Å². The number of nitrogens with zero attached hydrogens (tertiary/aromatic N) is 2. The average Bonchev–Trinajstić information content (AvgIpc) is 3.24. The van der Waals surface area contributed by atoms with Crippen LogP contribution in [0.3, 0.4) is 0 Å². The second kappa shape index (κ2) is 8.05.